The minimum absolute atomic E-state index is 0.0654. The molecule has 2 aromatic carbocycles. The van der Waals surface area contributed by atoms with Crippen LogP contribution in [0.15, 0.2) is 48.5 Å². The highest BCUT2D eigenvalue weighted by atomic mass is 16.5. The van der Waals surface area contributed by atoms with Gasteiger partial charge in [0.25, 0.3) is 11.2 Å². The highest BCUT2D eigenvalue weighted by Gasteiger charge is 2.69. The molecule has 2 saturated carbocycles. The Kier molecular flexibility index (Phi) is 9.39. The molecule has 39 heavy (non-hydrogen) atoms. The lowest BCUT2D eigenvalue weighted by molar-refractivity contribution is -0.187. The first-order valence-corrected chi connectivity index (χ1v) is 12.9. The number of ketones is 2. The molecular weight excluding hydrogens is 506 g/mol. The molecule has 0 amide bonds. The first-order chi connectivity index (χ1) is 18.3. The molecule has 10 heteroatoms. The number of Topliss-reactive ketones (excluding diaryl/α,β-unsaturated/α-hetero) is 2. The third kappa shape index (κ3) is 6.42. The van der Waals surface area contributed by atoms with Crippen LogP contribution in [0, 0.1) is 13.8 Å². The van der Waals surface area contributed by atoms with Gasteiger partial charge in [-0.15, -0.1) is 0 Å². The zero-order valence-corrected chi connectivity index (χ0v) is 22.0. The normalized spacial score (nSPS) is 21.9. The summed E-state index contributed by atoms with van der Waals surface area (Å²) in [5.74, 6) is -8.01. The van der Waals surface area contributed by atoms with Crippen molar-refractivity contribution in [2.75, 3.05) is 0 Å². The highest BCUT2D eigenvalue weighted by molar-refractivity contribution is 6.28. The van der Waals surface area contributed by atoms with Crippen molar-refractivity contribution >= 4 is 23.5 Å². The third-order valence-electron chi connectivity index (χ3n) is 7.18. The molecule has 2 aromatic rings. The lowest BCUT2D eigenvalue weighted by Crippen LogP contribution is -2.71. The summed E-state index contributed by atoms with van der Waals surface area (Å²) in [6.45, 7) is 3.37. The third-order valence-corrected chi connectivity index (χ3v) is 7.18. The van der Waals surface area contributed by atoms with Crippen molar-refractivity contribution in [1.29, 1.82) is 0 Å². The molecule has 2 aliphatic rings. The summed E-state index contributed by atoms with van der Waals surface area (Å²) in [4.78, 5) is 49.1. The Morgan fingerprint density at radius 1 is 0.692 bits per heavy atom. The number of carbonyl (C=O) groups is 4. The van der Waals surface area contributed by atoms with Gasteiger partial charge in [-0.3, -0.25) is 9.59 Å². The lowest BCUT2D eigenvalue weighted by Gasteiger charge is -2.34. The van der Waals surface area contributed by atoms with Crippen LogP contribution in [0.5, 0.6) is 0 Å². The van der Waals surface area contributed by atoms with Gasteiger partial charge in [0.15, 0.2) is 0 Å². The Morgan fingerprint density at radius 2 is 1.08 bits per heavy atom. The Balaban J connectivity index is 0.000000314. The van der Waals surface area contributed by atoms with Gasteiger partial charge < -0.3 is 30.8 Å². The van der Waals surface area contributed by atoms with E-state index in [1.165, 1.54) is 56.4 Å². The lowest BCUT2D eigenvalue weighted by atomic mass is 9.73. The van der Waals surface area contributed by atoms with E-state index in [1.54, 1.807) is 13.8 Å². The van der Waals surface area contributed by atoms with Crippen LogP contribution in [0.4, 0.5) is 0 Å². The van der Waals surface area contributed by atoms with Gasteiger partial charge in [0.2, 0.25) is 11.6 Å². The molecule has 0 saturated heterocycles. The minimum Gasteiger partial charge on any atom is -0.479 e. The molecule has 4 rings (SSSR count). The fourth-order valence-electron chi connectivity index (χ4n) is 4.52. The second-order valence-electron chi connectivity index (χ2n) is 10.3. The van der Waals surface area contributed by atoms with Gasteiger partial charge in [-0.05, 0) is 39.5 Å². The van der Waals surface area contributed by atoms with Gasteiger partial charge in [0.05, 0.1) is 6.10 Å². The van der Waals surface area contributed by atoms with Gasteiger partial charge in [-0.1, -0.05) is 72.5 Å². The van der Waals surface area contributed by atoms with Gasteiger partial charge in [-0.25, -0.2) is 9.59 Å². The molecule has 0 heterocycles. The molecule has 0 bridgehead atoms. The van der Waals surface area contributed by atoms with Crippen LogP contribution in [0.25, 0.3) is 0 Å². The Bertz CT molecular complexity index is 1130. The minimum atomic E-state index is -3.96. The quantitative estimate of drug-likeness (QED) is 0.203. The van der Waals surface area contributed by atoms with Crippen molar-refractivity contribution in [1.82, 2.24) is 5.32 Å². The number of carboxylic acid groups (broad SMARTS) is 2. The number of aliphatic hydroxyl groups excluding tert-OH is 1. The maximum Gasteiger partial charge on any atom is 0.348 e. The van der Waals surface area contributed by atoms with E-state index in [0.29, 0.717) is 17.2 Å². The van der Waals surface area contributed by atoms with Gasteiger partial charge in [0, 0.05) is 23.2 Å². The van der Waals surface area contributed by atoms with E-state index in [0.717, 1.165) is 36.7 Å². The summed E-state index contributed by atoms with van der Waals surface area (Å²) >= 11 is 0. The molecule has 0 aliphatic heterocycles. The number of aliphatic carboxylic acids is 2. The van der Waals surface area contributed by atoms with Gasteiger partial charge in [-0.2, -0.15) is 0 Å². The predicted octanol–water partition coefficient (Wildman–Crippen LogP) is 2.04. The van der Waals surface area contributed by atoms with Gasteiger partial charge in [0.1, 0.15) is 0 Å². The number of hydrogen-bond acceptors (Lipinski definition) is 8. The van der Waals surface area contributed by atoms with E-state index < -0.39 is 34.7 Å². The summed E-state index contributed by atoms with van der Waals surface area (Å²) in [6.07, 6.45) is 7.27. The van der Waals surface area contributed by atoms with Crippen molar-refractivity contribution in [3.63, 3.8) is 0 Å². The van der Waals surface area contributed by atoms with Crippen LogP contribution in [0.2, 0.25) is 0 Å². The van der Waals surface area contributed by atoms with E-state index in [1.807, 2.05) is 0 Å². The number of aliphatic hydroxyl groups is 3. The number of aryl methyl sites for hydroxylation is 2. The van der Waals surface area contributed by atoms with Crippen LogP contribution >= 0.6 is 0 Å². The van der Waals surface area contributed by atoms with E-state index in [-0.39, 0.29) is 17.2 Å². The van der Waals surface area contributed by atoms with Crippen molar-refractivity contribution in [2.24, 2.45) is 0 Å². The number of carboxylic acids is 2. The van der Waals surface area contributed by atoms with E-state index >= 15 is 0 Å². The number of nitrogens with one attached hydrogen (secondary N) is 1. The maximum absolute atomic E-state index is 12.8. The molecular formula is C29H35NO9. The topological polar surface area (TPSA) is 181 Å². The number of carbonyl (C=O) groups excluding carboxylic acids is 2. The molecule has 4 unspecified atom stereocenters. The molecule has 0 aromatic heterocycles. The van der Waals surface area contributed by atoms with Crippen molar-refractivity contribution in [3.05, 3.63) is 70.8 Å². The van der Waals surface area contributed by atoms with Crippen molar-refractivity contribution < 1.29 is 44.7 Å². The number of hydrogen-bond donors (Lipinski definition) is 6. The molecule has 4 atom stereocenters. The molecule has 2 aliphatic carbocycles. The summed E-state index contributed by atoms with van der Waals surface area (Å²) in [5, 5.41) is 53.4. The van der Waals surface area contributed by atoms with E-state index in [9.17, 15) is 44.7 Å². The van der Waals surface area contributed by atoms with Crippen LogP contribution in [-0.2, 0) is 9.59 Å². The Hall–Kier alpha value is -3.44. The molecule has 0 spiro atoms. The summed E-state index contributed by atoms with van der Waals surface area (Å²) in [7, 11) is 0. The number of benzene rings is 2. The van der Waals surface area contributed by atoms with Crippen molar-refractivity contribution in [3.8, 4) is 0 Å². The summed E-state index contributed by atoms with van der Waals surface area (Å²) in [5.41, 5.74) is -7.27. The average molecular weight is 542 g/mol. The molecule has 6 N–H and O–H groups in total. The number of rotatable bonds is 9. The average Bonchev–Trinajstić information content (AvgIpc) is 3.73. The molecule has 10 nitrogen and oxygen atoms in total. The largest absolute Gasteiger partial charge is 0.479 e. The maximum atomic E-state index is 12.8. The van der Waals surface area contributed by atoms with Crippen LogP contribution < -0.4 is 5.32 Å². The smallest absolute Gasteiger partial charge is 0.348 e. The fraction of sp³-hybridized carbons (Fsp3) is 0.448. The predicted molar refractivity (Wildman–Crippen MR) is 141 cm³/mol. The van der Waals surface area contributed by atoms with Crippen LogP contribution in [0.1, 0.15) is 70.4 Å². The molecule has 2 fully saturated rings. The Morgan fingerprint density at radius 3 is 1.41 bits per heavy atom. The zero-order chi connectivity index (χ0) is 29.0. The second-order valence-corrected chi connectivity index (χ2v) is 10.3. The molecule has 0 radical (unpaired) electrons. The first kappa shape index (κ1) is 30.1. The second kappa shape index (κ2) is 12.2. The summed E-state index contributed by atoms with van der Waals surface area (Å²) in [6, 6.07) is 11.5. The standard InChI is InChI=1S/C20H18O8.C9H17NO/c1-11-3-7-13(8-4-11)15(21)19(27,17(23)24)20(28,18(25)26)16(22)14-9-5-12(2)6-10-14;11-9-4-2-1-3-8(9)10-7-5-6-7/h3-10,27-28H,1-2H3,(H,23,24)(H,25,26);7-11H,1-6H2. The highest BCUT2D eigenvalue weighted by Crippen LogP contribution is 2.32. The SMILES string of the molecule is Cc1ccc(C(=O)C(O)(C(=O)O)C(O)(C(=O)O)C(=O)c2ccc(C)cc2)cc1.OC1CCCCC1NC1CC1. The van der Waals surface area contributed by atoms with Crippen LogP contribution in [-0.4, -0.2) is 78.4 Å². The monoisotopic (exact) mass is 541 g/mol. The van der Waals surface area contributed by atoms with E-state index in [4.69, 9.17) is 0 Å². The molecule has 210 valence electrons. The zero-order valence-electron chi connectivity index (χ0n) is 22.0. The van der Waals surface area contributed by atoms with Crippen molar-refractivity contribution in [2.45, 2.75) is 81.8 Å². The Labute approximate surface area is 226 Å². The van der Waals surface area contributed by atoms with Crippen LogP contribution in [0.3, 0.4) is 0 Å². The first-order valence-electron chi connectivity index (χ1n) is 12.9. The summed E-state index contributed by atoms with van der Waals surface area (Å²) < 4.78 is 0. The fourth-order valence-corrected chi connectivity index (χ4v) is 4.52. The van der Waals surface area contributed by atoms with Gasteiger partial charge >= 0.3 is 11.9 Å². The van der Waals surface area contributed by atoms with E-state index in [2.05, 4.69) is 5.32 Å².